The van der Waals surface area contributed by atoms with E-state index in [2.05, 4.69) is 5.32 Å². The Bertz CT molecular complexity index is 923. The third kappa shape index (κ3) is 2.72. The van der Waals surface area contributed by atoms with Gasteiger partial charge in [-0.1, -0.05) is 18.2 Å². The lowest BCUT2D eigenvalue weighted by Gasteiger charge is -2.23. The Balaban J connectivity index is 1.98. The van der Waals surface area contributed by atoms with Gasteiger partial charge >= 0.3 is 6.03 Å². The van der Waals surface area contributed by atoms with Crippen LogP contribution in [0.3, 0.4) is 0 Å². The number of carbonyl (C=O) groups is 2. The van der Waals surface area contributed by atoms with Gasteiger partial charge in [0.25, 0.3) is 5.91 Å². The largest absolute Gasteiger partial charge is 0.325 e. The number of amides is 3. The molecule has 1 aliphatic heterocycles. The van der Waals surface area contributed by atoms with E-state index in [9.17, 15) is 18.4 Å². The SMILES string of the molecule is C[C@]1(c2cc(F)ccc2F)NC(=O)N(Cc2ccccc2C#N)C1=O. The molecule has 0 bridgehead atoms. The molecule has 1 N–H and O–H groups in total. The summed E-state index contributed by atoms with van der Waals surface area (Å²) in [5.41, 5.74) is -1.15. The number of nitrogens with one attached hydrogen (secondary N) is 1. The number of imide groups is 1. The molecule has 1 fully saturated rings. The smallest absolute Gasteiger partial charge is 0.319 e. The van der Waals surface area contributed by atoms with Crippen LogP contribution in [0.25, 0.3) is 0 Å². The van der Waals surface area contributed by atoms with Crippen LogP contribution in [0.15, 0.2) is 42.5 Å². The van der Waals surface area contributed by atoms with Crippen LogP contribution >= 0.6 is 0 Å². The zero-order chi connectivity index (χ0) is 18.2. The Morgan fingerprint density at radius 3 is 2.64 bits per heavy atom. The molecule has 2 aromatic carbocycles. The number of nitriles is 1. The van der Waals surface area contributed by atoms with E-state index in [-0.39, 0.29) is 12.1 Å². The van der Waals surface area contributed by atoms with Crippen LogP contribution in [-0.2, 0) is 16.9 Å². The molecule has 0 spiro atoms. The number of benzene rings is 2. The zero-order valence-corrected chi connectivity index (χ0v) is 13.2. The predicted octanol–water partition coefficient (Wildman–Crippen LogP) is 2.80. The van der Waals surface area contributed by atoms with Crippen molar-refractivity contribution in [2.24, 2.45) is 0 Å². The van der Waals surface area contributed by atoms with Crippen LogP contribution in [0.2, 0.25) is 0 Å². The van der Waals surface area contributed by atoms with Crippen LogP contribution in [0.1, 0.15) is 23.6 Å². The molecule has 0 aromatic heterocycles. The van der Waals surface area contributed by atoms with Crippen molar-refractivity contribution in [2.45, 2.75) is 19.0 Å². The molecule has 0 radical (unpaired) electrons. The summed E-state index contributed by atoms with van der Waals surface area (Å²) in [6.07, 6.45) is 0. The highest BCUT2D eigenvalue weighted by Crippen LogP contribution is 2.32. The van der Waals surface area contributed by atoms with Crippen molar-refractivity contribution in [3.05, 3.63) is 70.8 Å². The van der Waals surface area contributed by atoms with E-state index in [1.165, 1.54) is 6.92 Å². The maximum absolute atomic E-state index is 14.1. The minimum atomic E-state index is -1.72. The van der Waals surface area contributed by atoms with E-state index in [0.29, 0.717) is 11.1 Å². The molecule has 2 aromatic rings. The first kappa shape index (κ1) is 16.6. The molecule has 3 rings (SSSR count). The van der Waals surface area contributed by atoms with Gasteiger partial charge in [0.2, 0.25) is 0 Å². The zero-order valence-electron chi connectivity index (χ0n) is 13.2. The van der Waals surface area contributed by atoms with Gasteiger partial charge in [-0.3, -0.25) is 9.69 Å². The van der Waals surface area contributed by atoms with Gasteiger partial charge in [-0.15, -0.1) is 0 Å². The van der Waals surface area contributed by atoms with Crippen LogP contribution < -0.4 is 5.32 Å². The Morgan fingerprint density at radius 2 is 1.92 bits per heavy atom. The topological polar surface area (TPSA) is 73.2 Å². The number of nitrogens with zero attached hydrogens (tertiary/aromatic N) is 2. The molecule has 0 aliphatic carbocycles. The van der Waals surface area contributed by atoms with Gasteiger partial charge in [-0.25, -0.2) is 13.6 Å². The van der Waals surface area contributed by atoms with Gasteiger partial charge in [-0.2, -0.15) is 5.26 Å². The quantitative estimate of drug-likeness (QED) is 0.873. The standard InChI is InChI=1S/C18H13F2N3O2/c1-18(14-8-13(19)6-7-15(14)20)16(24)23(17(25)22-18)10-12-5-3-2-4-11(12)9-21/h2-8H,10H2,1H3,(H,22,25)/t18-/m1/s1. The maximum atomic E-state index is 14.1. The van der Waals surface area contributed by atoms with E-state index >= 15 is 0 Å². The average Bonchev–Trinajstić information content (AvgIpc) is 2.81. The fourth-order valence-electron chi connectivity index (χ4n) is 2.84. The first-order valence-corrected chi connectivity index (χ1v) is 7.44. The minimum absolute atomic E-state index is 0.138. The third-order valence-corrected chi connectivity index (χ3v) is 4.21. The number of hydrogen-bond acceptors (Lipinski definition) is 3. The average molecular weight is 341 g/mol. The predicted molar refractivity (Wildman–Crippen MR) is 83.9 cm³/mol. The lowest BCUT2D eigenvalue weighted by atomic mass is 9.91. The first-order valence-electron chi connectivity index (χ1n) is 7.44. The summed E-state index contributed by atoms with van der Waals surface area (Å²) in [5.74, 6) is -2.22. The highest BCUT2D eigenvalue weighted by Gasteiger charge is 2.50. The minimum Gasteiger partial charge on any atom is -0.319 e. The molecule has 0 saturated carbocycles. The number of rotatable bonds is 3. The van der Waals surface area contributed by atoms with Crippen LogP contribution in [0.5, 0.6) is 0 Å². The number of hydrogen-bond donors (Lipinski definition) is 1. The van der Waals surface area contributed by atoms with E-state index in [4.69, 9.17) is 5.26 Å². The van der Waals surface area contributed by atoms with Crippen molar-refractivity contribution in [1.29, 1.82) is 5.26 Å². The van der Waals surface area contributed by atoms with Crippen LogP contribution in [0, 0.1) is 23.0 Å². The second-order valence-electron chi connectivity index (χ2n) is 5.84. The van der Waals surface area contributed by atoms with Crippen LogP contribution in [0.4, 0.5) is 13.6 Å². The van der Waals surface area contributed by atoms with Crippen molar-refractivity contribution in [3.8, 4) is 6.07 Å². The van der Waals surface area contributed by atoms with Gasteiger partial charge in [0, 0.05) is 5.56 Å². The van der Waals surface area contributed by atoms with Gasteiger partial charge in [0.05, 0.1) is 18.2 Å². The normalized spacial score (nSPS) is 19.7. The first-order chi connectivity index (χ1) is 11.9. The lowest BCUT2D eigenvalue weighted by molar-refractivity contribution is -0.131. The highest BCUT2D eigenvalue weighted by molar-refractivity contribution is 6.07. The Hall–Kier alpha value is -3.27. The molecular weight excluding hydrogens is 328 g/mol. The molecule has 1 heterocycles. The molecule has 1 aliphatic rings. The van der Waals surface area contributed by atoms with Crippen molar-refractivity contribution in [2.75, 3.05) is 0 Å². The monoisotopic (exact) mass is 341 g/mol. The second kappa shape index (κ2) is 5.98. The van der Waals surface area contributed by atoms with Crippen molar-refractivity contribution in [3.63, 3.8) is 0 Å². The van der Waals surface area contributed by atoms with Gasteiger partial charge in [0.1, 0.15) is 17.2 Å². The molecule has 25 heavy (non-hydrogen) atoms. The van der Waals surface area contributed by atoms with Crippen molar-refractivity contribution < 1.29 is 18.4 Å². The fraction of sp³-hybridized carbons (Fsp3) is 0.167. The van der Waals surface area contributed by atoms with E-state index in [1.54, 1.807) is 24.3 Å². The summed E-state index contributed by atoms with van der Waals surface area (Å²) in [5, 5.41) is 11.5. The van der Waals surface area contributed by atoms with Crippen LogP contribution in [-0.4, -0.2) is 16.8 Å². The summed E-state index contributed by atoms with van der Waals surface area (Å²) in [7, 11) is 0. The number of carbonyl (C=O) groups excluding carboxylic acids is 2. The molecule has 3 amide bonds. The fourth-order valence-corrected chi connectivity index (χ4v) is 2.84. The number of halogens is 2. The summed E-state index contributed by atoms with van der Waals surface area (Å²) in [6, 6.07) is 10.5. The highest BCUT2D eigenvalue weighted by atomic mass is 19.1. The Kier molecular flexibility index (Phi) is 3.97. The molecule has 7 heteroatoms. The van der Waals surface area contributed by atoms with E-state index in [1.807, 2.05) is 6.07 Å². The van der Waals surface area contributed by atoms with E-state index in [0.717, 1.165) is 23.1 Å². The van der Waals surface area contributed by atoms with Gasteiger partial charge in [0.15, 0.2) is 0 Å². The number of urea groups is 1. The third-order valence-electron chi connectivity index (χ3n) is 4.21. The van der Waals surface area contributed by atoms with Gasteiger partial charge in [-0.05, 0) is 36.8 Å². The summed E-state index contributed by atoms with van der Waals surface area (Å²) in [4.78, 5) is 25.9. The molecule has 0 unspecified atom stereocenters. The summed E-state index contributed by atoms with van der Waals surface area (Å²) < 4.78 is 27.6. The molecule has 1 atom stereocenters. The lowest BCUT2D eigenvalue weighted by Crippen LogP contribution is -2.41. The Morgan fingerprint density at radius 1 is 1.20 bits per heavy atom. The maximum Gasteiger partial charge on any atom is 0.325 e. The van der Waals surface area contributed by atoms with Crippen molar-refractivity contribution in [1.82, 2.24) is 10.2 Å². The van der Waals surface area contributed by atoms with Gasteiger partial charge < -0.3 is 5.32 Å². The van der Waals surface area contributed by atoms with Crippen molar-refractivity contribution >= 4 is 11.9 Å². The second-order valence-corrected chi connectivity index (χ2v) is 5.84. The molecular formula is C18H13F2N3O2. The molecule has 126 valence electrons. The summed E-state index contributed by atoms with van der Waals surface area (Å²) >= 11 is 0. The summed E-state index contributed by atoms with van der Waals surface area (Å²) in [6.45, 7) is 1.18. The molecule has 5 nitrogen and oxygen atoms in total. The Labute approximate surface area is 142 Å². The van der Waals surface area contributed by atoms with E-state index < -0.39 is 29.1 Å². The molecule has 1 saturated heterocycles.